The normalized spacial score (nSPS) is 11.2. The number of hydrogen-bond donors (Lipinski definition) is 0. The Kier molecular flexibility index (Phi) is 5.90. The summed E-state index contributed by atoms with van der Waals surface area (Å²) < 4.78 is 16.0. The lowest BCUT2D eigenvalue weighted by molar-refractivity contribution is 0.628. The zero-order valence-electron chi connectivity index (χ0n) is 22.1. The Morgan fingerprint density at radius 2 is 0.875 bits per heavy atom. The van der Waals surface area contributed by atoms with E-state index in [2.05, 4.69) is 120 Å². The van der Waals surface area contributed by atoms with Crippen LogP contribution in [0, 0.1) is 5.82 Å². The monoisotopic (exact) mass is 518 g/mol. The lowest BCUT2D eigenvalue weighted by atomic mass is 10.00. The average molecular weight is 519 g/mol. The fourth-order valence-electron chi connectivity index (χ4n) is 5.63. The van der Waals surface area contributed by atoms with E-state index in [-0.39, 0.29) is 5.82 Å². The number of para-hydroxylation sites is 1. The fourth-order valence-corrected chi connectivity index (χ4v) is 5.63. The van der Waals surface area contributed by atoms with Crippen LogP contribution in [0.25, 0.3) is 44.1 Å². The van der Waals surface area contributed by atoms with E-state index < -0.39 is 0 Å². The second-order valence-electron chi connectivity index (χ2n) is 10.1. The van der Waals surface area contributed by atoms with E-state index in [0.29, 0.717) is 0 Å². The van der Waals surface area contributed by atoms with Crippen molar-refractivity contribution in [2.45, 2.75) is 0 Å². The van der Waals surface area contributed by atoms with Crippen LogP contribution in [-0.4, -0.2) is 4.57 Å². The van der Waals surface area contributed by atoms with Crippen molar-refractivity contribution in [1.82, 2.24) is 4.57 Å². The van der Waals surface area contributed by atoms with Crippen molar-refractivity contribution in [1.29, 1.82) is 0 Å². The van der Waals surface area contributed by atoms with Crippen molar-refractivity contribution in [2.24, 2.45) is 7.05 Å². The molecule has 0 fully saturated rings. The number of hydrogen-bond acceptors (Lipinski definition) is 1. The molecular formula is C37H27FN2. The molecule has 0 bridgehead atoms. The van der Waals surface area contributed by atoms with Gasteiger partial charge in [-0.2, -0.15) is 0 Å². The number of nitrogens with zero attached hydrogens (tertiary/aromatic N) is 2. The Balaban J connectivity index is 1.30. The topological polar surface area (TPSA) is 8.17 Å². The first kappa shape index (κ1) is 23.9. The zero-order chi connectivity index (χ0) is 27.1. The van der Waals surface area contributed by atoms with Crippen molar-refractivity contribution in [2.75, 3.05) is 4.90 Å². The molecule has 0 aliphatic carbocycles. The lowest BCUT2D eigenvalue weighted by Crippen LogP contribution is -2.09. The summed E-state index contributed by atoms with van der Waals surface area (Å²) >= 11 is 0. The van der Waals surface area contributed by atoms with Crippen molar-refractivity contribution >= 4 is 38.9 Å². The number of aryl methyl sites for hydroxylation is 1. The summed E-state index contributed by atoms with van der Waals surface area (Å²) in [6, 6.07) is 49.4. The summed E-state index contributed by atoms with van der Waals surface area (Å²) in [4.78, 5) is 2.14. The number of anilines is 3. The van der Waals surface area contributed by atoms with Gasteiger partial charge in [0.15, 0.2) is 0 Å². The molecule has 3 heteroatoms. The molecule has 0 radical (unpaired) electrons. The molecule has 1 aromatic heterocycles. The first-order valence-corrected chi connectivity index (χ1v) is 13.4. The van der Waals surface area contributed by atoms with Crippen LogP contribution in [0.5, 0.6) is 0 Å². The second kappa shape index (κ2) is 9.87. The minimum Gasteiger partial charge on any atom is -0.344 e. The van der Waals surface area contributed by atoms with E-state index in [1.165, 1.54) is 50.6 Å². The highest BCUT2D eigenvalue weighted by Crippen LogP contribution is 2.37. The number of halogens is 1. The highest BCUT2D eigenvalue weighted by atomic mass is 19.1. The van der Waals surface area contributed by atoms with Gasteiger partial charge < -0.3 is 9.47 Å². The Hall–Kier alpha value is -5.15. The van der Waals surface area contributed by atoms with Crippen molar-refractivity contribution in [3.8, 4) is 22.3 Å². The van der Waals surface area contributed by atoms with Crippen LogP contribution in [-0.2, 0) is 7.05 Å². The molecule has 0 aliphatic heterocycles. The summed E-state index contributed by atoms with van der Waals surface area (Å²) in [5, 5.41) is 2.50. The third-order valence-corrected chi connectivity index (χ3v) is 7.67. The fraction of sp³-hybridized carbons (Fsp3) is 0.0270. The molecule has 0 amide bonds. The minimum absolute atomic E-state index is 0.244. The Morgan fingerprint density at radius 1 is 0.450 bits per heavy atom. The smallest absolute Gasteiger partial charge is 0.123 e. The van der Waals surface area contributed by atoms with E-state index in [1.54, 1.807) is 0 Å². The molecule has 192 valence electrons. The largest absolute Gasteiger partial charge is 0.344 e. The summed E-state index contributed by atoms with van der Waals surface area (Å²) in [6.45, 7) is 0. The van der Waals surface area contributed by atoms with E-state index in [1.807, 2.05) is 30.3 Å². The molecule has 0 atom stereocenters. The van der Waals surface area contributed by atoms with Crippen molar-refractivity contribution in [3.63, 3.8) is 0 Å². The van der Waals surface area contributed by atoms with Gasteiger partial charge in [-0.3, -0.25) is 0 Å². The number of rotatable bonds is 5. The molecule has 0 saturated heterocycles. The summed E-state index contributed by atoms with van der Waals surface area (Å²) in [5.41, 5.74) is 10.1. The molecule has 40 heavy (non-hydrogen) atoms. The van der Waals surface area contributed by atoms with Gasteiger partial charge in [-0.25, -0.2) is 4.39 Å². The van der Waals surface area contributed by atoms with E-state index in [4.69, 9.17) is 0 Å². The molecule has 1 heterocycles. The average Bonchev–Trinajstić information content (AvgIpc) is 3.30. The van der Waals surface area contributed by atoms with Gasteiger partial charge in [-0.15, -0.1) is 0 Å². The molecule has 0 unspecified atom stereocenters. The molecule has 6 aromatic carbocycles. The maximum atomic E-state index is 13.7. The van der Waals surface area contributed by atoms with E-state index in [9.17, 15) is 4.39 Å². The summed E-state index contributed by atoms with van der Waals surface area (Å²) in [5.74, 6) is -0.244. The third kappa shape index (κ3) is 4.22. The number of fused-ring (bicyclic) bond motifs is 3. The minimum atomic E-state index is -0.244. The maximum Gasteiger partial charge on any atom is 0.123 e. The predicted octanol–water partition coefficient (Wildman–Crippen LogP) is 10.3. The quantitative estimate of drug-likeness (QED) is 0.220. The first-order chi connectivity index (χ1) is 19.7. The first-order valence-electron chi connectivity index (χ1n) is 13.4. The predicted molar refractivity (Wildman–Crippen MR) is 166 cm³/mol. The lowest BCUT2D eigenvalue weighted by Gasteiger charge is -2.25. The van der Waals surface area contributed by atoms with Crippen LogP contribution < -0.4 is 4.90 Å². The van der Waals surface area contributed by atoms with Crippen LogP contribution in [0.2, 0.25) is 0 Å². The van der Waals surface area contributed by atoms with Crippen LogP contribution >= 0.6 is 0 Å². The standard InChI is InChI=1S/C37H27FN2/c1-39-36-22-14-28(26-8-4-2-5-9-26)24-34(36)35-25-29(15-23-37(35)39)27-12-18-32(19-13-27)40(31-10-6-3-7-11-31)33-20-16-30(38)17-21-33/h2-25H,1H3. The molecule has 7 rings (SSSR count). The highest BCUT2D eigenvalue weighted by molar-refractivity contribution is 6.10. The van der Waals surface area contributed by atoms with Gasteiger partial charge >= 0.3 is 0 Å². The van der Waals surface area contributed by atoms with Crippen LogP contribution in [0.4, 0.5) is 21.5 Å². The molecule has 0 N–H and O–H groups in total. The van der Waals surface area contributed by atoms with Gasteiger partial charge in [0, 0.05) is 45.9 Å². The number of aromatic nitrogens is 1. The third-order valence-electron chi connectivity index (χ3n) is 7.67. The van der Waals surface area contributed by atoms with Gasteiger partial charge in [0.2, 0.25) is 0 Å². The molecule has 0 spiro atoms. The van der Waals surface area contributed by atoms with Gasteiger partial charge in [-0.05, 0) is 95.1 Å². The summed E-state index contributed by atoms with van der Waals surface area (Å²) in [6.07, 6.45) is 0. The summed E-state index contributed by atoms with van der Waals surface area (Å²) in [7, 11) is 2.13. The van der Waals surface area contributed by atoms with Gasteiger partial charge in [0.25, 0.3) is 0 Å². The number of benzene rings is 6. The Morgan fingerprint density at radius 3 is 1.43 bits per heavy atom. The van der Waals surface area contributed by atoms with Crippen molar-refractivity contribution < 1.29 is 4.39 Å². The molecular weight excluding hydrogens is 491 g/mol. The van der Waals surface area contributed by atoms with E-state index in [0.717, 1.165) is 22.6 Å². The van der Waals surface area contributed by atoms with Crippen LogP contribution in [0.15, 0.2) is 146 Å². The second-order valence-corrected chi connectivity index (χ2v) is 10.1. The molecule has 2 nitrogen and oxygen atoms in total. The molecule has 0 saturated carbocycles. The SMILES string of the molecule is Cn1c2ccc(-c3ccccc3)cc2c2cc(-c3ccc(N(c4ccccc4)c4ccc(F)cc4)cc3)ccc21. The van der Waals surface area contributed by atoms with Crippen molar-refractivity contribution in [3.05, 3.63) is 151 Å². The van der Waals surface area contributed by atoms with Gasteiger partial charge in [0.1, 0.15) is 5.82 Å². The highest BCUT2D eigenvalue weighted by Gasteiger charge is 2.14. The van der Waals surface area contributed by atoms with Gasteiger partial charge in [-0.1, -0.05) is 72.8 Å². The maximum absolute atomic E-state index is 13.7. The van der Waals surface area contributed by atoms with Gasteiger partial charge in [0.05, 0.1) is 0 Å². The molecule has 7 aromatic rings. The zero-order valence-corrected chi connectivity index (χ0v) is 22.1. The van der Waals surface area contributed by atoms with Crippen LogP contribution in [0.1, 0.15) is 0 Å². The Labute approximate surface area is 233 Å². The van der Waals surface area contributed by atoms with Crippen LogP contribution in [0.3, 0.4) is 0 Å². The molecule has 0 aliphatic rings. The Bertz CT molecular complexity index is 1940. The van der Waals surface area contributed by atoms with E-state index >= 15 is 0 Å².